The molecule has 0 unspecified atom stereocenters. The van der Waals surface area contributed by atoms with Crippen molar-refractivity contribution < 1.29 is 9.59 Å². The maximum atomic E-state index is 12.5. The van der Waals surface area contributed by atoms with E-state index in [-0.39, 0.29) is 11.8 Å². The minimum Gasteiger partial charge on any atom is -0.339 e. The van der Waals surface area contributed by atoms with Crippen LogP contribution in [0.5, 0.6) is 0 Å². The number of carbonyl (C=O) groups excluding carboxylic acids is 2. The highest BCUT2D eigenvalue weighted by molar-refractivity contribution is 6.01. The van der Waals surface area contributed by atoms with Crippen molar-refractivity contribution in [1.82, 2.24) is 14.7 Å². The Balaban J connectivity index is 1.81. The number of carbonyl (C=O) groups is 2. The zero-order valence-corrected chi connectivity index (χ0v) is 15.3. The molecule has 0 saturated carbocycles. The van der Waals surface area contributed by atoms with Gasteiger partial charge in [-0.25, -0.2) is 0 Å². The lowest BCUT2D eigenvalue weighted by Gasteiger charge is -2.21. The van der Waals surface area contributed by atoms with E-state index in [0.29, 0.717) is 12.1 Å². The van der Waals surface area contributed by atoms with Crippen LogP contribution >= 0.6 is 0 Å². The van der Waals surface area contributed by atoms with Gasteiger partial charge in [-0.3, -0.25) is 14.3 Å². The van der Waals surface area contributed by atoms with Crippen LogP contribution in [0, 0.1) is 6.92 Å². The largest absolute Gasteiger partial charge is 0.339 e. The highest BCUT2D eigenvalue weighted by Gasteiger charge is 2.20. The first-order valence-corrected chi connectivity index (χ1v) is 8.82. The van der Waals surface area contributed by atoms with Crippen molar-refractivity contribution in [2.24, 2.45) is 7.05 Å². The number of rotatable bonds is 5. The van der Waals surface area contributed by atoms with Gasteiger partial charge in [-0.05, 0) is 56.2 Å². The lowest BCUT2D eigenvalue weighted by Crippen LogP contribution is -2.29. The Morgan fingerprint density at radius 2 is 1.88 bits per heavy atom. The molecule has 1 saturated heterocycles. The average molecular weight is 352 g/mol. The second-order valence-electron chi connectivity index (χ2n) is 6.58. The van der Waals surface area contributed by atoms with Crippen molar-refractivity contribution >= 4 is 17.5 Å². The first-order valence-electron chi connectivity index (χ1n) is 8.82. The molecule has 1 aliphatic heterocycles. The number of benzene rings is 1. The van der Waals surface area contributed by atoms with Gasteiger partial charge >= 0.3 is 0 Å². The van der Waals surface area contributed by atoms with Crippen molar-refractivity contribution in [3.63, 3.8) is 0 Å². The second kappa shape index (κ2) is 7.56. The second-order valence-corrected chi connectivity index (χ2v) is 6.58. The standard InChI is InChI=1S/C20H24N4O2/c1-4-19(25)24(14-17-13-15(2)22(3)21-17)18-9-7-16(8-10-18)20(26)23-11-5-6-12-23/h4,7-10,13H,1,5-6,11-12,14H2,2-3H3. The number of nitrogens with zero attached hydrogens (tertiary/aromatic N) is 4. The molecule has 0 spiro atoms. The van der Waals surface area contributed by atoms with Gasteiger partial charge in [0.05, 0.1) is 12.2 Å². The Bertz CT molecular complexity index is 797. The summed E-state index contributed by atoms with van der Waals surface area (Å²) in [6, 6.07) is 9.13. The molecule has 1 fully saturated rings. The van der Waals surface area contributed by atoms with Crippen LogP contribution in [-0.2, 0) is 18.4 Å². The normalized spacial score (nSPS) is 13.7. The van der Waals surface area contributed by atoms with Crippen molar-refractivity contribution in [1.29, 1.82) is 0 Å². The van der Waals surface area contributed by atoms with Crippen molar-refractivity contribution in [3.05, 3.63) is 59.9 Å². The van der Waals surface area contributed by atoms with E-state index in [4.69, 9.17) is 0 Å². The Hall–Kier alpha value is -2.89. The Morgan fingerprint density at radius 1 is 1.23 bits per heavy atom. The van der Waals surface area contributed by atoms with Crippen LogP contribution in [0.25, 0.3) is 0 Å². The Morgan fingerprint density at radius 3 is 2.42 bits per heavy atom. The van der Waals surface area contributed by atoms with Crippen LogP contribution < -0.4 is 4.90 Å². The monoisotopic (exact) mass is 352 g/mol. The molecule has 2 aromatic rings. The number of likely N-dealkylation sites (tertiary alicyclic amines) is 1. The zero-order valence-electron chi connectivity index (χ0n) is 15.3. The first-order chi connectivity index (χ1) is 12.5. The molecule has 136 valence electrons. The SMILES string of the molecule is C=CC(=O)N(Cc1cc(C)n(C)n1)c1ccc(C(=O)N2CCCC2)cc1. The van der Waals surface area contributed by atoms with E-state index in [0.717, 1.165) is 43.0 Å². The third-order valence-electron chi connectivity index (χ3n) is 4.74. The molecule has 1 aromatic heterocycles. The van der Waals surface area contributed by atoms with E-state index in [2.05, 4.69) is 11.7 Å². The van der Waals surface area contributed by atoms with Gasteiger partial charge in [0.1, 0.15) is 0 Å². The molecule has 6 heteroatoms. The van der Waals surface area contributed by atoms with Gasteiger partial charge in [0.2, 0.25) is 0 Å². The highest BCUT2D eigenvalue weighted by atomic mass is 16.2. The summed E-state index contributed by atoms with van der Waals surface area (Å²) < 4.78 is 1.78. The minimum absolute atomic E-state index is 0.0519. The predicted molar refractivity (Wildman–Crippen MR) is 101 cm³/mol. The van der Waals surface area contributed by atoms with Crippen molar-refractivity contribution in [3.8, 4) is 0 Å². The van der Waals surface area contributed by atoms with E-state index in [1.54, 1.807) is 33.8 Å². The topological polar surface area (TPSA) is 58.4 Å². The molecule has 0 N–H and O–H groups in total. The summed E-state index contributed by atoms with van der Waals surface area (Å²) in [5.74, 6) is -0.150. The van der Waals surface area contributed by atoms with Gasteiger partial charge in [0.15, 0.2) is 0 Å². The van der Waals surface area contributed by atoms with Crippen LogP contribution in [-0.4, -0.2) is 39.6 Å². The van der Waals surface area contributed by atoms with Crippen LogP contribution in [0.1, 0.15) is 34.6 Å². The number of aromatic nitrogens is 2. The summed E-state index contributed by atoms with van der Waals surface area (Å²) in [4.78, 5) is 28.3. The summed E-state index contributed by atoms with van der Waals surface area (Å²) in [7, 11) is 1.87. The van der Waals surface area contributed by atoms with Crippen molar-refractivity contribution in [2.45, 2.75) is 26.3 Å². The molecule has 0 atom stereocenters. The maximum absolute atomic E-state index is 12.5. The molecule has 0 radical (unpaired) electrons. The highest BCUT2D eigenvalue weighted by Crippen LogP contribution is 2.20. The third-order valence-corrected chi connectivity index (χ3v) is 4.74. The number of aryl methyl sites for hydroxylation is 2. The van der Waals surface area contributed by atoms with Gasteiger partial charge in [-0.1, -0.05) is 6.58 Å². The van der Waals surface area contributed by atoms with E-state index >= 15 is 0 Å². The molecule has 0 bridgehead atoms. The molecule has 3 rings (SSSR count). The molecule has 6 nitrogen and oxygen atoms in total. The van der Waals surface area contributed by atoms with Crippen LogP contribution in [0.15, 0.2) is 43.0 Å². The average Bonchev–Trinajstić information content (AvgIpc) is 3.29. The Kier molecular flexibility index (Phi) is 5.21. The van der Waals surface area contributed by atoms with E-state index in [1.165, 1.54) is 6.08 Å². The number of hydrogen-bond acceptors (Lipinski definition) is 3. The summed E-state index contributed by atoms with van der Waals surface area (Å²) in [5.41, 5.74) is 3.20. The van der Waals surface area contributed by atoms with Gasteiger partial charge in [0.25, 0.3) is 11.8 Å². The predicted octanol–water partition coefficient (Wildman–Crippen LogP) is 2.68. The summed E-state index contributed by atoms with van der Waals surface area (Å²) in [5, 5.41) is 4.42. The van der Waals surface area contributed by atoms with Gasteiger partial charge in [-0.15, -0.1) is 0 Å². The zero-order chi connectivity index (χ0) is 18.7. The minimum atomic E-state index is -0.202. The number of amides is 2. The Labute approximate surface area is 153 Å². The molecule has 26 heavy (non-hydrogen) atoms. The fourth-order valence-corrected chi connectivity index (χ4v) is 3.17. The molecule has 2 heterocycles. The molecular formula is C20H24N4O2. The van der Waals surface area contributed by atoms with Crippen LogP contribution in [0.3, 0.4) is 0 Å². The number of anilines is 1. The van der Waals surface area contributed by atoms with E-state index in [1.807, 2.05) is 24.9 Å². The molecule has 0 aliphatic carbocycles. The molecule has 2 amide bonds. The maximum Gasteiger partial charge on any atom is 0.253 e. The summed E-state index contributed by atoms with van der Waals surface area (Å²) in [6.45, 7) is 7.55. The van der Waals surface area contributed by atoms with Gasteiger partial charge in [0, 0.05) is 37.1 Å². The smallest absolute Gasteiger partial charge is 0.253 e. The summed E-state index contributed by atoms with van der Waals surface area (Å²) in [6.07, 6.45) is 3.42. The van der Waals surface area contributed by atoms with Crippen molar-refractivity contribution in [2.75, 3.05) is 18.0 Å². The molecular weight excluding hydrogens is 328 g/mol. The molecule has 1 aliphatic rings. The third kappa shape index (κ3) is 3.69. The van der Waals surface area contributed by atoms with Crippen LogP contribution in [0.4, 0.5) is 5.69 Å². The lowest BCUT2D eigenvalue weighted by atomic mass is 10.1. The summed E-state index contributed by atoms with van der Waals surface area (Å²) >= 11 is 0. The van der Waals surface area contributed by atoms with Gasteiger partial charge < -0.3 is 9.80 Å². The molecule has 1 aromatic carbocycles. The lowest BCUT2D eigenvalue weighted by molar-refractivity contribution is -0.114. The van der Waals surface area contributed by atoms with E-state index in [9.17, 15) is 9.59 Å². The fraction of sp³-hybridized carbons (Fsp3) is 0.350. The van der Waals surface area contributed by atoms with Gasteiger partial charge in [-0.2, -0.15) is 5.10 Å². The first kappa shape index (κ1) is 17.9. The quantitative estimate of drug-likeness (QED) is 0.778. The van der Waals surface area contributed by atoms with E-state index < -0.39 is 0 Å². The fourth-order valence-electron chi connectivity index (χ4n) is 3.17. The van der Waals surface area contributed by atoms with Crippen LogP contribution in [0.2, 0.25) is 0 Å². The number of hydrogen-bond donors (Lipinski definition) is 0.